The number of benzene rings is 1. The second-order valence-electron chi connectivity index (χ2n) is 6.85. The van der Waals surface area contributed by atoms with Crippen LogP contribution in [0.1, 0.15) is 37.3 Å². The quantitative estimate of drug-likeness (QED) is 0.789. The van der Waals surface area contributed by atoms with E-state index in [-0.39, 0.29) is 6.61 Å². The molecule has 4 nitrogen and oxygen atoms in total. The highest BCUT2D eigenvalue weighted by Crippen LogP contribution is 2.37. The third-order valence-electron chi connectivity index (χ3n) is 5.29. The molecule has 1 aromatic carbocycles. The maximum Gasteiger partial charge on any atom is 0.141 e. The topological polar surface area (TPSA) is 50.9 Å². The Bertz CT molecular complexity index is 855. The molecule has 0 amide bonds. The first-order chi connectivity index (χ1) is 11.8. The minimum Gasteiger partial charge on any atom is -0.396 e. The van der Waals surface area contributed by atoms with Crippen LogP contribution in [0.5, 0.6) is 0 Å². The summed E-state index contributed by atoms with van der Waals surface area (Å²) in [4.78, 5) is 9.19. The van der Waals surface area contributed by atoms with Crippen molar-refractivity contribution in [1.29, 1.82) is 0 Å². The fourth-order valence-corrected chi connectivity index (χ4v) is 4.04. The fraction of sp³-hybridized carbons (Fsp3) is 0.400. The van der Waals surface area contributed by atoms with Gasteiger partial charge in [-0.3, -0.25) is 4.98 Å². The van der Waals surface area contributed by atoms with Crippen molar-refractivity contribution in [3.63, 3.8) is 0 Å². The van der Waals surface area contributed by atoms with E-state index in [1.54, 1.807) is 0 Å². The maximum atomic E-state index is 9.54. The molecule has 3 aromatic rings. The van der Waals surface area contributed by atoms with Crippen LogP contribution >= 0.6 is 0 Å². The summed E-state index contributed by atoms with van der Waals surface area (Å²) in [6, 6.07) is 8.73. The Labute approximate surface area is 142 Å². The first-order valence-corrected chi connectivity index (χ1v) is 8.76. The molecule has 1 aliphatic carbocycles. The number of imidazole rings is 1. The monoisotopic (exact) mass is 321 g/mol. The van der Waals surface area contributed by atoms with Crippen LogP contribution in [0.3, 0.4) is 0 Å². The number of hydrogen-bond acceptors (Lipinski definition) is 3. The number of nitrogens with zero attached hydrogens (tertiary/aromatic N) is 3. The minimum atomic E-state index is 0.289. The first kappa shape index (κ1) is 15.3. The molecule has 4 heteroatoms. The Kier molecular flexibility index (Phi) is 4.07. The van der Waals surface area contributed by atoms with Gasteiger partial charge in [0.15, 0.2) is 0 Å². The van der Waals surface area contributed by atoms with Crippen LogP contribution in [-0.2, 0) is 0 Å². The molecule has 0 bridgehead atoms. The van der Waals surface area contributed by atoms with Gasteiger partial charge in [0.25, 0.3) is 0 Å². The van der Waals surface area contributed by atoms with Crippen molar-refractivity contribution in [3.05, 3.63) is 48.4 Å². The van der Waals surface area contributed by atoms with Gasteiger partial charge in [-0.15, -0.1) is 0 Å². The van der Waals surface area contributed by atoms with E-state index in [0.717, 1.165) is 36.0 Å². The number of aromatic nitrogens is 3. The van der Waals surface area contributed by atoms with Crippen LogP contribution in [-0.4, -0.2) is 26.2 Å². The molecule has 1 saturated carbocycles. The second-order valence-corrected chi connectivity index (χ2v) is 6.85. The lowest BCUT2D eigenvalue weighted by molar-refractivity contribution is 0.163. The zero-order chi connectivity index (χ0) is 16.5. The van der Waals surface area contributed by atoms with E-state index in [2.05, 4.69) is 40.9 Å². The average Bonchev–Trinajstić information content (AvgIpc) is 3.11. The molecule has 2 heterocycles. The van der Waals surface area contributed by atoms with E-state index in [1.165, 1.54) is 17.5 Å². The van der Waals surface area contributed by atoms with Gasteiger partial charge in [0.2, 0.25) is 0 Å². The molecule has 0 spiro atoms. The summed E-state index contributed by atoms with van der Waals surface area (Å²) in [7, 11) is 0. The SMILES string of the molecule is Cc1ccc2ncccc2c1-c1nccn1[C@@H]1CCC[C@H](CO)C1. The minimum absolute atomic E-state index is 0.289. The van der Waals surface area contributed by atoms with Crippen molar-refractivity contribution in [3.8, 4) is 11.4 Å². The molecule has 2 atom stereocenters. The van der Waals surface area contributed by atoms with Crippen LogP contribution in [0.2, 0.25) is 0 Å². The average molecular weight is 321 g/mol. The molecule has 0 aliphatic heterocycles. The summed E-state index contributed by atoms with van der Waals surface area (Å²) in [6.45, 7) is 2.43. The Morgan fingerprint density at radius 2 is 2.08 bits per heavy atom. The molecule has 0 saturated heterocycles. The normalized spacial score (nSPS) is 21.2. The lowest BCUT2D eigenvalue weighted by Crippen LogP contribution is -2.21. The standard InChI is InChI=1S/C20H23N3O/c1-14-7-8-18-17(6-3-9-21-18)19(14)20-22-10-11-23(20)16-5-2-4-15(12-16)13-24/h3,6-11,15-16,24H,2,4-5,12-13H2,1H3/t15-,16+/m0/s1. The zero-order valence-corrected chi connectivity index (χ0v) is 14.0. The molecule has 24 heavy (non-hydrogen) atoms. The molecular weight excluding hydrogens is 298 g/mol. The van der Waals surface area contributed by atoms with Crippen molar-refractivity contribution in [2.24, 2.45) is 5.92 Å². The van der Waals surface area contributed by atoms with Gasteiger partial charge in [0, 0.05) is 42.2 Å². The number of hydrogen-bond donors (Lipinski definition) is 1. The van der Waals surface area contributed by atoms with Gasteiger partial charge >= 0.3 is 0 Å². The molecule has 0 radical (unpaired) electrons. The van der Waals surface area contributed by atoms with E-state index >= 15 is 0 Å². The predicted octanol–water partition coefficient (Wildman–Crippen LogP) is 4.13. The predicted molar refractivity (Wildman–Crippen MR) is 95.8 cm³/mol. The van der Waals surface area contributed by atoms with Gasteiger partial charge in [0.05, 0.1) is 5.52 Å². The van der Waals surface area contributed by atoms with E-state index < -0.39 is 0 Å². The highest BCUT2D eigenvalue weighted by molar-refractivity contribution is 5.94. The van der Waals surface area contributed by atoms with Gasteiger partial charge < -0.3 is 9.67 Å². The van der Waals surface area contributed by atoms with Crippen LogP contribution in [0.25, 0.3) is 22.3 Å². The number of fused-ring (bicyclic) bond motifs is 1. The number of aliphatic hydroxyl groups excluding tert-OH is 1. The summed E-state index contributed by atoms with van der Waals surface area (Å²) in [5, 5.41) is 10.7. The van der Waals surface area contributed by atoms with E-state index in [0.29, 0.717) is 12.0 Å². The maximum absolute atomic E-state index is 9.54. The van der Waals surface area contributed by atoms with Crippen molar-refractivity contribution in [2.75, 3.05) is 6.61 Å². The van der Waals surface area contributed by atoms with Crippen molar-refractivity contribution in [1.82, 2.24) is 14.5 Å². The van der Waals surface area contributed by atoms with Gasteiger partial charge in [-0.2, -0.15) is 0 Å². The fourth-order valence-electron chi connectivity index (χ4n) is 4.04. The third kappa shape index (κ3) is 2.61. The van der Waals surface area contributed by atoms with Gasteiger partial charge in [0.1, 0.15) is 5.82 Å². The Balaban J connectivity index is 1.82. The van der Waals surface area contributed by atoms with Crippen LogP contribution in [0.15, 0.2) is 42.9 Å². The Morgan fingerprint density at radius 1 is 1.17 bits per heavy atom. The Hall–Kier alpha value is -2.20. The van der Waals surface area contributed by atoms with E-state index in [1.807, 2.05) is 18.5 Å². The van der Waals surface area contributed by atoms with Crippen LogP contribution in [0, 0.1) is 12.8 Å². The molecule has 4 rings (SSSR count). The highest BCUT2D eigenvalue weighted by atomic mass is 16.3. The highest BCUT2D eigenvalue weighted by Gasteiger charge is 2.25. The smallest absolute Gasteiger partial charge is 0.141 e. The van der Waals surface area contributed by atoms with Crippen LogP contribution in [0.4, 0.5) is 0 Å². The van der Waals surface area contributed by atoms with Crippen molar-refractivity contribution in [2.45, 2.75) is 38.6 Å². The number of pyridine rings is 1. The molecule has 1 aliphatic rings. The second kappa shape index (κ2) is 6.36. The summed E-state index contributed by atoms with van der Waals surface area (Å²) >= 11 is 0. The molecule has 2 aromatic heterocycles. The number of aliphatic hydroxyl groups is 1. The van der Waals surface area contributed by atoms with Gasteiger partial charge in [-0.05, 0) is 49.8 Å². The third-order valence-corrected chi connectivity index (χ3v) is 5.29. The zero-order valence-electron chi connectivity index (χ0n) is 14.0. The molecule has 0 unspecified atom stereocenters. The lowest BCUT2D eigenvalue weighted by atomic mass is 9.86. The summed E-state index contributed by atoms with van der Waals surface area (Å²) in [5.41, 5.74) is 3.40. The summed E-state index contributed by atoms with van der Waals surface area (Å²) in [5.74, 6) is 1.43. The molecule has 1 N–H and O–H groups in total. The summed E-state index contributed by atoms with van der Waals surface area (Å²) < 4.78 is 2.32. The van der Waals surface area contributed by atoms with Crippen molar-refractivity contribution < 1.29 is 5.11 Å². The van der Waals surface area contributed by atoms with Crippen LogP contribution < -0.4 is 0 Å². The van der Waals surface area contributed by atoms with E-state index in [4.69, 9.17) is 4.98 Å². The van der Waals surface area contributed by atoms with Crippen molar-refractivity contribution >= 4 is 10.9 Å². The summed E-state index contributed by atoms with van der Waals surface area (Å²) in [6.07, 6.45) is 10.3. The van der Waals surface area contributed by atoms with Gasteiger partial charge in [-0.1, -0.05) is 18.6 Å². The Morgan fingerprint density at radius 3 is 2.96 bits per heavy atom. The number of aryl methyl sites for hydroxylation is 1. The number of rotatable bonds is 3. The first-order valence-electron chi connectivity index (χ1n) is 8.76. The largest absolute Gasteiger partial charge is 0.396 e. The molecule has 124 valence electrons. The van der Waals surface area contributed by atoms with Gasteiger partial charge in [-0.25, -0.2) is 4.98 Å². The molecule has 1 fully saturated rings. The molecular formula is C20H23N3O. The van der Waals surface area contributed by atoms with E-state index in [9.17, 15) is 5.11 Å². The lowest BCUT2D eigenvalue weighted by Gasteiger charge is -2.30.